The van der Waals surface area contributed by atoms with Crippen LogP contribution in [0.25, 0.3) is 0 Å². The van der Waals surface area contributed by atoms with Crippen molar-refractivity contribution in [2.24, 2.45) is 11.1 Å². The summed E-state index contributed by atoms with van der Waals surface area (Å²) in [6.07, 6.45) is 2.60. The molecule has 4 nitrogen and oxygen atoms in total. The Morgan fingerprint density at radius 1 is 1.39 bits per heavy atom. The predicted octanol–water partition coefficient (Wildman–Crippen LogP) is 1.31. The van der Waals surface area contributed by atoms with Gasteiger partial charge in [-0.05, 0) is 38.1 Å². The molecule has 1 rings (SSSR count). The Kier molecular flexibility index (Phi) is 4.84. The van der Waals surface area contributed by atoms with Gasteiger partial charge in [0.1, 0.15) is 0 Å². The zero-order valence-electron chi connectivity index (χ0n) is 12.1. The van der Waals surface area contributed by atoms with Gasteiger partial charge in [0.15, 0.2) is 9.84 Å². The SMILES string of the molecule is CC(C)(C)CC(N)CCNC1(C)CCS(=O)(=O)C1. The highest BCUT2D eigenvalue weighted by atomic mass is 32.2. The third kappa shape index (κ3) is 5.67. The summed E-state index contributed by atoms with van der Waals surface area (Å²) >= 11 is 0. The van der Waals surface area contributed by atoms with Gasteiger partial charge in [0, 0.05) is 11.6 Å². The molecule has 0 aromatic rings. The molecule has 1 aliphatic rings. The van der Waals surface area contributed by atoms with Gasteiger partial charge >= 0.3 is 0 Å². The molecule has 1 aliphatic heterocycles. The molecule has 1 saturated heterocycles. The number of rotatable bonds is 5. The smallest absolute Gasteiger partial charge is 0.152 e. The summed E-state index contributed by atoms with van der Waals surface area (Å²) in [6, 6.07) is 0.180. The molecule has 0 saturated carbocycles. The molecular weight excluding hydrogens is 248 g/mol. The third-order valence-electron chi connectivity index (χ3n) is 3.44. The van der Waals surface area contributed by atoms with Gasteiger partial charge in [-0.25, -0.2) is 8.42 Å². The number of nitrogens with two attached hydrogens (primary N) is 1. The van der Waals surface area contributed by atoms with Crippen LogP contribution in [0.15, 0.2) is 0 Å². The van der Waals surface area contributed by atoms with E-state index in [1.807, 2.05) is 6.92 Å². The molecule has 0 aliphatic carbocycles. The molecule has 1 fully saturated rings. The first kappa shape index (κ1) is 15.9. The number of nitrogens with one attached hydrogen (secondary N) is 1. The highest BCUT2D eigenvalue weighted by Crippen LogP contribution is 2.23. The lowest BCUT2D eigenvalue weighted by Gasteiger charge is -2.27. The summed E-state index contributed by atoms with van der Waals surface area (Å²) in [4.78, 5) is 0. The molecule has 0 aromatic carbocycles. The van der Waals surface area contributed by atoms with E-state index >= 15 is 0 Å². The Labute approximate surface area is 112 Å². The van der Waals surface area contributed by atoms with Gasteiger partial charge in [0.2, 0.25) is 0 Å². The second-order valence-corrected chi connectivity index (χ2v) is 9.33. The van der Waals surface area contributed by atoms with E-state index in [4.69, 9.17) is 5.73 Å². The fourth-order valence-electron chi connectivity index (χ4n) is 2.60. The second kappa shape index (κ2) is 5.47. The Balaban J connectivity index is 2.30. The van der Waals surface area contributed by atoms with Gasteiger partial charge < -0.3 is 11.1 Å². The molecule has 0 bridgehead atoms. The summed E-state index contributed by atoms with van der Waals surface area (Å²) in [6.45, 7) is 9.34. The first-order valence-corrected chi connectivity index (χ1v) is 8.55. The lowest BCUT2D eigenvalue weighted by atomic mass is 9.87. The molecule has 18 heavy (non-hydrogen) atoms. The van der Waals surface area contributed by atoms with E-state index in [-0.39, 0.29) is 22.7 Å². The van der Waals surface area contributed by atoms with Gasteiger partial charge in [-0.2, -0.15) is 0 Å². The minimum absolute atomic E-state index is 0.180. The van der Waals surface area contributed by atoms with Gasteiger partial charge in [-0.1, -0.05) is 20.8 Å². The molecule has 1 heterocycles. The van der Waals surface area contributed by atoms with Crippen LogP contribution in [0.1, 0.15) is 47.0 Å². The average molecular weight is 276 g/mol. The fourth-order valence-corrected chi connectivity index (χ4v) is 4.72. The van der Waals surface area contributed by atoms with Crippen molar-refractivity contribution in [1.29, 1.82) is 0 Å². The zero-order chi connectivity index (χ0) is 14.0. The van der Waals surface area contributed by atoms with Crippen molar-refractivity contribution in [3.05, 3.63) is 0 Å². The molecule has 2 unspecified atom stereocenters. The van der Waals surface area contributed by atoms with Crippen molar-refractivity contribution in [2.75, 3.05) is 18.1 Å². The summed E-state index contributed by atoms with van der Waals surface area (Å²) in [5.41, 5.74) is 6.08. The molecule has 0 spiro atoms. The Morgan fingerprint density at radius 2 is 2.00 bits per heavy atom. The quantitative estimate of drug-likeness (QED) is 0.794. The molecule has 0 radical (unpaired) electrons. The molecule has 108 valence electrons. The van der Waals surface area contributed by atoms with Crippen molar-refractivity contribution in [1.82, 2.24) is 5.32 Å². The largest absolute Gasteiger partial charge is 0.328 e. The van der Waals surface area contributed by atoms with Gasteiger partial charge in [0.05, 0.1) is 11.5 Å². The Bertz CT molecular complexity index is 373. The van der Waals surface area contributed by atoms with Crippen molar-refractivity contribution < 1.29 is 8.42 Å². The standard InChI is InChI=1S/C13H28N2O2S/c1-12(2,3)9-11(14)5-7-15-13(4)6-8-18(16,17)10-13/h11,15H,5-10,14H2,1-4H3. The predicted molar refractivity (Wildman–Crippen MR) is 76.3 cm³/mol. The monoisotopic (exact) mass is 276 g/mol. The topological polar surface area (TPSA) is 72.2 Å². The highest BCUT2D eigenvalue weighted by Gasteiger charge is 2.37. The molecule has 2 atom stereocenters. The van der Waals surface area contributed by atoms with Gasteiger partial charge in [0.25, 0.3) is 0 Å². The van der Waals surface area contributed by atoms with Crippen molar-refractivity contribution in [3.63, 3.8) is 0 Å². The maximum Gasteiger partial charge on any atom is 0.152 e. The fraction of sp³-hybridized carbons (Fsp3) is 1.00. The molecule has 0 amide bonds. The minimum atomic E-state index is -2.83. The lowest BCUT2D eigenvalue weighted by molar-refractivity contribution is 0.317. The van der Waals surface area contributed by atoms with Crippen molar-refractivity contribution >= 4 is 9.84 Å². The Morgan fingerprint density at radius 3 is 2.44 bits per heavy atom. The summed E-state index contributed by atoms with van der Waals surface area (Å²) in [5.74, 6) is 0.569. The zero-order valence-corrected chi connectivity index (χ0v) is 12.9. The Hall–Kier alpha value is -0.130. The number of hydrogen-bond acceptors (Lipinski definition) is 4. The van der Waals surface area contributed by atoms with Crippen LogP contribution >= 0.6 is 0 Å². The van der Waals surface area contributed by atoms with E-state index < -0.39 is 9.84 Å². The van der Waals surface area contributed by atoms with E-state index in [9.17, 15) is 8.42 Å². The van der Waals surface area contributed by atoms with Crippen LogP contribution < -0.4 is 11.1 Å². The normalized spacial score (nSPS) is 29.4. The maximum atomic E-state index is 11.5. The molecule has 0 aromatic heterocycles. The van der Waals surface area contributed by atoms with Crippen LogP contribution in [0.5, 0.6) is 0 Å². The summed E-state index contributed by atoms with van der Waals surface area (Å²) in [5, 5.41) is 3.37. The number of hydrogen-bond donors (Lipinski definition) is 2. The van der Waals surface area contributed by atoms with E-state index in [1.165, 1.54) is 0 Å². The first-order chi connectivity index (χ1) is 8.02. The van der Waals surface area contributed by atoms with E-state index in [0.717, 1.165) is 19.4 Å². The van der Waals surface area contributed by atoms with E-state index in [0.29, 0.717) is 12.2 Å². The molecule has 3 N–H and O–H groups in total. The van der Waals surface area contributed by atoms with Crippen LogP contribution in [-0.2, 0) is 9.84 Å². The van der Waals surface area contributed by atoms with Crippen molar-refractivity contribution in [3.8, 4) is 0 Å². The summed E-state index contributed by atoms with van der Waals surface area (Å²) in [7, 11) is -2.83. The maximum absolute atomic E-state index is 11.5. The van der Waals surface area contributed by atoms with Gasteiger partial charge in [-0.3, -0.25) is 0 Å². The number of sulfone groups is 1. The van der Waals surface area contributed by atoms with Gasteiger partial charge in [-0.15, -0.1) is 0 Å². The van der Waals surface area contributed by atoms with Crippen molar-refractivity contribution in [2.45, 2.75) is 58.5 Å². The second-order valence-electron chi connectivity index (χ2n) is 7.14. The summed E-state index contributed by atoms with van der Waals surface area (Å²) < 4.78 is 22.9. The highest BCUT2D eigenvalue weighted by molar-refractivity contribution is 7.91. The van der Waals surface area contributed by atoms with E-state index in [2.05, 4.69) is 26.1 Å². The van der Waals surface area contributed by atoms with Crippen LogP contribution in [-0.4, -0.2) is 38.0 Å². The average Bonchev–Trinajstić information content (AvgIpc) is 2.37. The van der Waals surface area contributed by atoms with Crippen LogP contribution in [0.4, 0.5) is 0 Å². The molecular formula is C13H28N2O2S. The van der Waals surface area contributed by atoms with Crippen LogP contribution in [0.2, 0.25) is 0 Å². The van der Waals surface area contributed by atoms with E-state index in [1.54, 1.807) is 0 Å². The van der Waals surface area contributed by atoms with Crippen LogP contribution in [0.3, 0.4) is 0 Å². The van der Waals surface area contributed by atoms with Crippen LogP contribution in [0, 0.1) is 5.41 Å². The lowest BCUT2D eigenvalue weighted by Crippen LogP contribution is -2.45. The first-order valence-electron chi connectivity index (χ1n) is 6.72. The molecule has 5 heteroatoms. The third-order valence-corrected chi connectivity index (χ3v) is 5.35. The minimum Gasteiger partial charge on any atom is -0.328 e.